The minimum atomic E-state index is -0.908. The second kappa shape index (κ2) is 4.44. The summed E-state index contributed by atoms with van der Waals surface area (Å²) in [7, 11) is 0. The zero-order chi connectivity index (χ0) is 11.5. The van der Waals surface area contributed by atoms with Crippen molar-refractivity contribution in [2.75, 3.05) is 0 Å². The quantitative estimate of drug-likeness (QED) is 0.758. The Kier molecular flexibility index (Phi) is 3.47. The Morgan fingerprint density at radius 1 is 1.67 bits per heavy atom. The number of aryl methyl sites for hydroxylation is 1. The summed E-state index contributed by atoms with van der Waals surface area (Å²) in [6.07, 6.45) is 3.65. The molecule has 0 aliphatic heterocycles. The fourth-order valence-corrected chi connectivity index (χ4v) is 1.07. The van der Waals surface area contributed by atoms with E-state index in [-0.39, 0.29) is 0 Å². The molecule has 1 aromatic heterocycles. The fourth-order valence-electron chi connectivity index (χ4n) is 1.07. The van der Waals surface area contributed by atoms with Crippen molar-refractivity contribution in [2.24, 2.45) is 0 Å². The maximum atomic E-state index is 10.8. The van der Waals surface area contributed by atoms with Gasteiger partial charge in [-0.15, -0.1) is 0 Å². The van der Waals surface area contributed by atoms with Gasteiger partial charge in [-0.1, -0.05) is 0 Å². The highest BCUT2D eigenvalue weighted by Gasteiger charge is 2.25. The largest absolute Gasteiger partial charge is 0.480 e. The smallest absolute Gasteiger partial charge is 0.323 e. The first kappa shape index (κ1) is 11.7. The molecule has 5 heteroatoms. The Morgan fingerprint density at radius 2 is 2.33 bits per heavy atom. The van der Waals surface area contributed by atoms with Crippen molar-refractivity contribution in [1.82, 2.24) is 15.1 Å². The van der Waals surface area contributed by atoms with Crippen LogP contribution in [0.3, 0.4) is 0 Å². The molecule has 0 aliphatic rings. The van der Waals surface area contributed by atoms with Gasteiger partial charge in [-0.3, -0.25) is 14.8 Å². The maximum Gasteiger partial charge on any atom is 0.323 e. The summed E-state index contributed by atoms with van der Waals surface area (Å²) in [4.78, 5) is 10.8. The molecule has 0 fully saturated rings. The fraction of sp³-hybridized carbons (Fsp3) is 0.600. The third-order valence-electron chi connectivity index (χ3n) is 2.28. The highest BCUT2D eigenvalue weighted by atomic mass is 16.4. The summed E-state index contributed by atoms with van der Waals surface area (Å²) in [5, 5.41) is 16.0. The van der Waals surface area contributed by atoms with Crippen molar-refractivity contribution in [2.45, 2.75) is 39.4 Å². The molecular weight excluding hydrogens is 194 g/mol. The van der Waals surface area contributed by atoms with Gasteiger partial charge in [0.05, 0.1) is 6.20 Å². The first-order valence-electron chi connectivity index (χ1n) is 4.95. The van der Waals surface area contributed by atoms with E-state index < -0.39 is 11.5 Å². The normalized spacial score (nSPS) is 11.7. The zero-order valence-corrected chi connectivity index (χ0v) is 9.32. The Labute approximate surface area is 89.1 Å². The lowest BCUT2D eigenvalue weighted by atomic mass is 10.1. The molecule has 0 saturated carbocycles. The van der Waals surface area contributed by atoms with Crippen molar-refractivity contribution in [3.63, 3.8) is 0 Å². The van der Waals surface area contributed by atoms with Crippen LogP contribution in [-0.2, 0) is 17.9 Å². The van der Waals surface area contributed by atoms with Gasteiger partial charge in [0.2, 0.25) is 0 Å². The van der Waals surface area contributed by atoms with E-state index in [1.54, 1.807) is 20.0 Å². The van der Waals surface area contributed by atoms with Crippen LogP contribution >= 0.6 is 0 Å². The van der Waals surface area contributed by atoms with Crippen molar-refractivity contribution in [1.29, 1.82) is 0 Å². The van der Waals surface area contributed by atoms with Crippen molar-refractivity contribution >= 4 is 5.97 Å². The standard InChI is InChI=1S/C10H17N3O2/c1-4-13-7-8(6-12-13)5-11-10(2,3)9(14)15/h6-7,11H,4-5H2,1-3H3,(H,14,15). The molecule has 0 unspecified atom stereocenters. The molecule has 1 rings (SSSR count). The number of carboxylic acids is 1. The number of carbonyl (C=O) groups is 1. The molecule has 5 nitrogen and oxygen atoms in total. The summed E-state index contributed by atoms with van der Waals surface area (Å²) in [6.45, 7) is 6.62. The van der Waals surface area contributed by atoms with Gasteiger partial charge in [0.25, 0.3) is 0 Å². The Hall–Kier alpha value is -1.36. The summed E-state index contributed by atoms with van der Waals surface area (Å²) in [6, 6.07) is 0. The number of hydrogen-bond acceptors (Lipinski definition) is 3. The second-order valence-corrected chi connectivity index (χ2v) is 3.99. The highest BCUT2D eigenvalue weighted by Crippen LogP contribution is 2.05. The number of aliphatic carboxylic acids is 1. The molecule has 0 bridgehead atoms. The van der Waals surface area contributed by atoms with Crippen molar-refractivity contribution in [3.05, 3.63) is 18.0 Å². The number of carboxylic acid groups (broad SMARTS) is 1. The van der Waals surface area contributed by atoms with Gasteiger partial charge in [-0.2, -0.15) is 5.10 Å². The van der Waals surface area contributed by atoms with Gasteiger partial charge < -0.3 is 5.11 Å². The van der Waals surface area contributed by atoms with Gasteiger partial charge in [-0.05, 0) is 20.8 Å². The molecular formula is C10H17N3O2. The van der Waals surface area contributed by atoms with E-state index in [9.17, 15) is 4.79 Å². The van der Waals surface area contributed by atoms with Crippen LogP contribution < -0.4 is 5.32 Å². The monoisotopic (exact) mass is 211 g/mol. The Bertz CT molecular complexity index is 344. The van der Waals surface area contributed by atoms with E-state index in [2.05, 4.69) is 10.4 Å². The molecule has 0 aromatic carbocycles. The van der Waals surface area contributed by atoms with Crippen LogP contribution in [0.1, 0.15) is 26.3 Å². The van der Waals surface area contributed by atoms with E-state index in [4.69, 9.17) is 5.11 Å². The van der Waals surface area contributed by atoms with Crippen molar-refractivity contribution in [3.8, 4) is 0 Å². The molecule has 0 spiro atoms. The predicted octanol–water partition coefficient (Wildman–Crippen LogP) is 0.856. The van der Waals surface area contributed by atoms with Crippen LogP contribution in [0.5, 0.6) is 0 Å². The lowest BCUT2D eigenvalue weighted by Gasteiger charge is -2.20. The number of hydrogen-bond donors (Lipinski definition) is 2. The summed E-state index contributed by atoms with van der Waals surface area (Å²) in [5.74, 6) is -0.856. The van der Waals surface area contributed by atoms with E-state index in [0.717, 1.165) is 12.1 Å². The molecule has 0 atom stereocenters. The maximum absolute atomic E-state index is 10.8. The van der Waals surface area contributed by atoms with E-state index in [1.165, 1.54) is 0 Å². The van der Waals surface area contributed by atoms with E-state index >= 15 is 0 Å². The average Bonchev–Trinajstić information content (AvgIpc) is 2.62. The molecule has 2 N–H and O–H groups in total. The molecule has 1 aromatic rings. The molecule has 0 saturated heterocycles. The zero-order valence-electron chi connectivity index (χ0n) is 9.32. The summed E-state index contributed by atoms with van der Waals surface area (Å²) < 4.78 is 1.81. The minimum absolute atomic E-state index is 0.513. The average molecular weight is 211 g/mol. The lowest BCUT2D eigenvalue weighted by molar-refractivity contribution is -0.143. The predicted molar refractivity (Wildman–Crippen MR) is 56.5 cm³/mol. The lowest BCUT2D eigenvalue weighted by Crippen LogP contribution is -2.46. The third-order valence-corrected chi connectivity index (χ3v) is 2.28. The minimum Gasteiger partial charge on any atom is -0.480 e. The van der Waals surface area contributed by atoms with Crippen LogP contribution in [-0.4, -0.2) is 26.4 Å². The topological polar surface area (TPSA) is 67.2 Å². The molecule has 84 valence electrons. The van der Waals surface area contributed by atoms with Gasteiger partial charge in [0, 0.05) is 24.8 Å². The van der Waals surface area contributed by atoms with Crippen LogP contribution in [0.2, 0.25) is 0 Å². The number of nitrogens with one attached hydrogen (secondary N) is 1. The Balaban J connectivity index is 2.53. The number of aromatic nitrogens is 2. The number of nitrogens with zero attached hydrogens (tertiary/aromatic N) is 2. The molecule has 1 heterocycles. The summed E-state index contributed by atoms with van der Waals surface area (Å²) >= 11 is 0. The third kappa shape index (κ3) is 3.06. The molecule has 0 radical (unpaired) electrons. The van der Waals surface area contributed by atoms with Gasteiger partial charge in [0.1, 0.15) is 5.54 Å². The van der Waals surface area contributed by atoms with Crippen LogP contribution in [0, 0.1) is 0 Å². The van der Waals surface area contributed by atoms with Gasteiger partial charge >= 0.3 is 5.97 Å². The number of rotatable bonds is 5. The SMILES string of the molecule is CCn1cc(CNC(C)(C)C(=O)O)cn1. The first-order chi connectivity index (χ1) is 6.95. The van der Waals surface area contributed by atoms with E-state index in [0.29, 0.717) is 6.54 Å². The van der Waals surface area contributed by atoms with E-state index in [1.807, 2.05) is 17.8 Å². The van der Waals surface area contributed by atoms with Crippen LogP contribution in [0.25, 0.3) is 0 Å². The van der Waals surface area contributed by atoms with Gasteiger partial charge in [0.15, 0.2) is 0 Å². The highest BCUT2D eigenvalue weighted by molar-refractivity contribution is 5.77. The summed E-state index contributed by atoms with van der Waals surface area (Å²) in [5.41, 5.74) is 0.0834. The molecule has 0 amide bonds. The first-order valence-corrected chi connectivity index (χ1v) is 4.95. The van der Waals surface area contributed by atoms with Crippen LogP contribution in [0.15, 0.2) is 12.4 Å². The molecule has 0 aliphatic carbocycles. The van der Waals surface area contributed by atoms with Crippen LogP contribution in [0.4, 0.5) is 0 Å². The molecule has 15 heavy (non-hydrogen) atoms. The second-order valence-electron chi connectivity index (χ2n) is 3.99. The van der Waals surface area contributed by atoms with Gasteiger partial charge in [-0.25, -0.2) is 0 Å². The van der Waals surface area contributed by atoms with Crippen molar-refractivity contribution < 1.29 is 9.90 Å². The Morgan fingerprint density at radius 3 is 2.80 bits per heavy atom.